The minimum Gasteiger partial charge on any atom is -0.508 e. The molecule has 0 fully saturated rings. The van der Waals surface area contributed by atoms with Crippen LogP contribution in [0.2, 0.25) is 0 Å². The summed E-state index contributed by atoms with van der Waals surface area (Å²) in [5.41, 5.74) is 2.97. The molecule has 0 amide bonds. The lowest BCUT2D eigenvalue weighted by Gasteiger charge is -2.09. The van der Waals surface area contributed by atoms with E-state index >= 15 is 0 Å². The van der Waals surface area contributed by atoms with E-state index in [4.69, 9.17) is 0 Å². The van der Waals surface area contributed by atoms with Crippen molar-refractivity contribution in [3.8, 4) is 5.75 Å². The van der Waals surface area contributed by atoms with Crippen molar-refractivity contribution >= 4 is 5.57 Å². The molecule has 0 saturated heterocycles. The van der Waals surface area contributed by atoms with Crippen molar-refractivity contribution in [1.29, 1.82) is 0 Å². The zero-order valence-corrected chi connectivity index (χ0v) is 8.46. The van der Waals surface area contributed by atoms with Gasteiger partial charge in [0.1, 0.15) is 5.75 Å². The van der Waals surface area contributed by atoms with Gasteiger partial charge in [-0.05, 0) is 30.0 Å². The number of hydrogen-bond donors (Lipinski definition) is 1. The first-order valence-electron chi connectivity index (χ1n) is 4.51. The molecule has 1 heteroatoms. The molecule has 0 heterocycles. The Kier molecular flexibility index (Phi) is 2.76. The molecule has 13 heavy (non-hydrogen) atoms. The van der Waals surface area contributed by atoms with Gasteiger partial charge in [0, 0.05) is 0 Å². The van der Waals surface area contributed by atoms with Crippen molar-refractivity contribution in [3.63, 3.8) is 0 Å². The molecule has 0 aliphatic carbocycles. The summed E-state index contributed by atoms with van der Waals surface area (Å²) < 4.78 is 0. The predicted molar refractivity (Wildman–Crippen MR) is 56.9 cm³/mol. The average molecular weight is 176 g/mol. The molecule has 1 aromatic rings. The van der Waals surface area contributed by atoms with Gasteiger partial charge in [0.05, 0.1) is 0 Å². The van der Waals surface area contributed by atoms with Gasteiger partial charge in [-0.2, -0.15) is 0 Å². The second-order valence-electron chi connectivity index (χ2n) is 3.71. The zero-order valence-electron chi connectivity index (χ0n) is 8.46. The smallest absolute Gasteiger partial charge is 0.119 e. The maximum absolute atomic E-state index is 9.67. The second-order valence-corrected chi connectivity index (χ2v) is 3.71. The van der Waals surface area contributed by atoms with E-state index in [0.29, 0.717) is 11.7 Å². The summed E-state index contributed by atoms with van der Waals surface area (Å²) in [5.74, 6) is 0.731. The van der Waals surface area contributed by atoms with Crippen LogP contribution in [-0.2, 0) is 0 Å². The van der Waals surface area contributed by atoms with Crippen molar-refractivity contribution in [2.75, 3.05) is 0 Å². The highest BCUT2D eigenvalue weighted by atomic mass is 16.3. The standard InChI is InChI=1S/C12H16O/c1-8(2)10-5-6-11(9(3)4)12(13)7-10/h5-7,9,13H,1H2,2-4H3. The number of phenols is 1. The highest BCUT2D eigenvalue weighted by molar-refractivity contribution is 5.63. The Bertz CT molecular complexity index is 324. The monoisotopic (exact) mass is 176 g/mol. The van der Waals surface area contributed by atoms with Gasteiger partial charge >= 0.3 is 0 Å². The van der Waals surface area contributed by atoms with Gasteiger partial charge in [-0.3, -0.25) is 0 Å². The molecule has 1 nitrogen and oxygen atoms in total. The summed E-state index contributed by atoms with van der Waals surface area (Å²) in [7, 11) is 0. The number of allylic oxidation sites excluding steroid dienone is 1. The van der Waals surface area contributed by atoms with Crippen molar-refractivity contribution in [3.05, 3.63) is 35.9 Å². The Morgan fingerprint density at radius 2 is 2.00 bits per heavy atom. The third-order valence-electron chi connectivity index (χ3n) is 2.15. The van der Waals surface area contributed by atoms with E-state index in [0.717, 1.165) is 16.7 Å². The van der Waals surface area contributed by atoms with Crippen molar-refractivity contribution in [2.45, 2.75) is 26.7 Å². The maximum atomic E-state index is 9.67. The number of hydrogen-bond acceptors (Lipinski definition) is 1. The molecule has 0 spiro atoms. The van der Waals surface area contributed by atoms with E-state index in [1.54, 1.807) is 6.07 Å². The van der Waals surface area contributed by atoms with Crippen LogP contribution in [0.15, 0.2) is 24.8 Å². The van der Waals surface area contributed by atoms with Crippen LogP contribution in [0.25, 0.3) is 5.57 Å². The number of rotatable bonds is 2. The van der Waals surface area contributed by atoms with Gasteiger partial charge in [-0.25, -0.2) is 0 Å². The van der Waals surface area contributed by atoms with Crippen LogP contribution in [0.5, 0.6) is 5.75 Å². The fraction of sp³-hybridized carbons (Fsp3) is 0.333. The summed E-state index contributed by atoms with van der Waals surface area (Å²) >= 11 is 0. The summed E-state index contributed by atoms with van der Waals surface area (Å²) in [4.78, 5) is 0. The van der Waals surface area contributed by atoms with Crippen LogP contribution in [0.4, 0.5) is 0 Å². The average Bonchev–Trinajstić information content (AvgIpc) is 2.03. The summed E-state index contributed by atoms with van der Waals surface area (Å²) in [5, 5.41) is 9.67. The molecule has 0 aliphatic rings. The Labute approximate surface area is 79.7 Å². The van der Waals surface area contributed by atoms with E-state index in [2.05, 4.69) is 20.4 Å². The number of benzene rings is 1. The molecule has 1 rings (SSSR count). The molecular weight excluding hydrogens is 160 g/mol. The Morgan fingerprint density at radius 1 is 1.38 bits per heavy atom. The van der Waals surface area contributed by atoms with E-state index in [1.807, 2.05) is 19.1 Å². The van der Waals surface area contributed by atoms with Crippen molar-refractivity contribution in [1.82, 2.24) is 0 Å². The first-order chi connectivity index (χ1) is 6.02. The first kappa shape index (κ1) is 9.85. The van der Waals surface area contributed by atoms with E-state index in [-0.39, 0.29) is 0 Å². The summed E-state index contributed by atoms with van der Waals surface area (Å²) in [6, 6.07) is 5.74. The molecule has 0 aliphatic heterocycles. The van der Waals surface area contributed by atoms with Crippen LogP contribution in [-0.4, -0.2) is 5.11 Å². The van der Waals surface area contributed by atoms with Crippen molar-refractivity contribution in [2.24, 2.45) is 0 Å². The van der Waals surface area contributed by atoms with Gasteiger partial charge in [-0.15, -0.1) is 0 Å². The molecule has 0 radical (unpaired) electrons. The van der Waals surface area contributed by atoms with Crippen LogP contribution in [0.1, 0.15) is 37.8 Å². The Morgan fingerprint density at radius 3 is 2.38 bits per heavy atom. The lowest BCUT2D eigenvalue weighted by Crippen LogP contribution is -1.89. The van der Waals surface area contributed by atoms with Gasteiger partial charge in [-0.1, -0.05) is 38.1 Å². The molecule has 1 aromatic carbocycles. The van der Waals surface area contributed by atoms with E-state index in [9.17, 15) is 5.11 Å². The fourth-order valence-electron chi connectivity index (χ4n) is 1.30. The predicted octanol–water partition coefficient (Wildman–Crippen LogP) is 3.55. The van der Waals surface area contributed by atoms with Gasteiger partial charge in [0.2, 0.25) is 0 Å². The SMILES string of the molecule is C=C(C)c1ccc(C(C)C)c(O)c1. The Balaban J connectivity index is 3.13. The maximum Gasteiger partial charge on any atom is 0.119 e. The summed E-state index contributed by atoms with van der Waals surface area (Å²) in [6.45, 7) is 9.89. The molecule has 70 valence electrons. The quantitative estimate of drug-likeness (QED) is 0.730. The van der Waals surface area contributed by atoms with Crippen LogP contribution in [0.3, 0.4) is 0 Å². The topological polar surface area (TPSA) is 20.2 Å². The largest absolute Gasteiger partial charge is 0.508 e. The molecule has 1 N–H and O–H groups in total. The van der Waals surface area contributed by atoms with Gasteiger partial charge in [0.15, 0.2) is 0 Å². The van der Waals surface area contributed by atoms with Crippen LogP contribution >= 0.6 is 0 Å². The molecular formula is C12H16O. The highest BCUT2D eigenvalue weighted by Gasteiger charge is 2.06. The van der Waals surface area contributed by atoms with Crippen LogP contribution in [0, 0.1) is 0 Å². The zero-order chi connectivity index (χ0) is 10.0. The second kappa shape index (κ2) is 3.65. The minimum absolute atomic E-state index is 0.360. The normalized spacial score (nSPS) is 10.5. The van der Waals surface area contributed by atoms with E-state index in [1.165, 1.54) is 0 Å². The van der Waals surface area contributed by atoms with Gasteiger partial charge < -0.3 is 5.11 Å². The number of phenolic OH excluding ortho intramolecular Hbond substituents is 1. The van der Waals surface area contributed by atoms with Crippen molar-refractivity contribution < 1.29 is 5.11 Å². The van der Waals surface area contributed by atoms with E-state index < -0.39 is 0 Å². The molecule has 0 unspecified atom stereocenters. The molecule has 0 atom stereocenters. The van der Waals surface area contributed by atoms with Crippen LogP contribution < -0.4 is 0 Å². The fourth-order valence-corrected chi connectivity index (χ4v) is 1.30. The lowest BCUT2D eigenvalue weighted by molar-refractivity contribution is 0.464. The highest BCUT2D eigenvalue weighted by Crippen LogP contribution is 2.28. The number of aromatic hydroxyl groups is 1. The summed E-state index contributed by atoms with van der Waals surface area (Å²) in [6.07, 6.45) is 0. The minimum atomic E-state index is 0.360. The molecule has 0 bridgehead atoms. The molecule has 0 aromatic heterocycles. The molecule has 0 saturated carbocycles. The van der Waals surface area contributed by atoms with Gasteiger partial charge in [0.25, 0.3) is 0 Å². The lowest BCUT2D eigenvalue weighted by atomic mass is 9.98. The third kappa shape index (κ3) is 2.11. The first-order valence-corrected chi connectivity index (χ1v) is 4.51. The third-order valence-corrected chi connectivity index (χ3v) is 2.15. The Hall–Kier alpha value is -1.24.